The minimum absolute atomic E-state index is 0.585. The summed E-state index contributed by atoms with van der Waals surface area (Å²) >= 11 is 1.83. The smallest absolute Gasteiger partial charge is 0.0113 e. The summed E-state index contributed by atoms with van der Waals surface area (Å²) in [5.74, 6) is 0. The molecule has 0 saturated carbocycles. The Hall–Kier alpha value is -0.380. The Labute approximate surface area is 84.4 Å². The molecule has 2 nitrogen and oxygen atoms in total. The molecule has 0 saturated heterocycles. The molecule has 2 N–H and O–H groups in total. The number of hydrogen-bond donors (Lipinski definition) is 1. The van der Waals surface area contributed by atoms with Gasteiger partial charge in [0.25, 0.3) is 0 Å². The maximum Gasteiger partial charge on any atom is 0.0113 e. The molecule has 0 spiro atoms. The summed E-state index contributed by atoms with van der Waals surface area (Å²) in [6.07, 6.45) is 1.13. The van der Waals surface area contributed by atoms with Gasteiger partial charge < -0.3 is 10.6 Å². The number of rotatable bonds is 5. The van der Waals surface area contributed by atoms with E-state index in [4.69, 9.17) is 5.73 Å². The first-order valence-electron chi connectivity index (χ1n) is 4.66. The largest absolute Gasteiger partial charge is 0.329 e. The van der Waals surface area contributed by atoms with Crippen molar-refractivity contribution < 1.29 is 0 Å². The predicted molar refractivity (Wildman–Crippen MR) is 59.2 cm³/mol. The third-order valence-electron chi connectivity index (χ3n) is 2.31. The van der Waals surface area contributed by atoms with Crippen LogP contribution < -0.4 is 5.73 Å². The minimum atomic E-state index is 0.585. The lowest BCUT2D eigenvalue weighted by atomic mass is 10.2. The fourth-order valence-corrected chi connectivity index (χ4v) is 2.13. The first-order chi connectivity index (χ1) is 6.24. The normalized spacial score (nSPS) is 13.5. The standard InChI is InChI=1S/C10H18N2S/c1-9(12(2)6-5-11)8-10-4-3-7-13-10/h3-4,7,9H,5-6,8,11H2,1-2H3. The van der Waals surface area contributed by atoms with Crippen LogP contribution in [0.3, 0.4) is 0 Å². The van der Waals surface area contributed by atoms with Crippen LogP contribution in [0.1, 0.15) is 11.8 Å². The van der Waals surface area contributed by atoms with Gasteiger partial charge in [0.2, 0.25) is 0 Å². The zero-order chi connectivity index (χ0) is 9.68. The van der Waals surface area contributed by atoms with Crippen molar-refractivity contribution in [1.82, 2.24) is 4.90 Å². The molecule has 0 aromatic carbocycles. The van der Waals surface area contributed by atoms with E-state index >= 15 is 0 Å². The molecule has 0 aliphatic heterocycles. The molecule has 0 radical (unpaired) electrons. The van der Waals surface area contributed by atoms with E-state index in [0.29, 0.717) is 6.04 Å². The van der Waals surface area contributed by atoms with Gasteiger partial charge in [-0.05, 0) is 31.8 Å². The minimum Gasteiger partial charge on any atom is -0.329 e. The van der Waals surface area contributed by atoms with Gasteiger partial charge in [0.15, 0.2) is 0 Å². The van der Waals surface area contributed by atoms with E-state index in [1.807, 2.05) is 11.3 Å². The number of likely N-dealkylation sites (N-methyl/N-ethyl adjacent to an activating group) is 1. The number of nitrogens with zero attached hydrogens (tertiary/aromatic N) is 1. The second-order valence-corrected chi connectivity index (χ2v) is 4.43. The second kappa shape index (κ2) is 5.37. The molecule has 1 unspecified atom stereocenters. The van der Waals surface area contributed by atoms with Gasteiger partial charge in [-0.25, -0.2) is 0 Å². The van der Waals surface area contributed by atoms with Crippen LogP contribution in [-0.2, 0) is 6.42 Å². The summed E-state index contributed by atoms with van der Waals surface area (Å²) in [4.78, 5) is 3.76. The SMILES string of the molecule is CC(Cc1cccs1)N(C)CCN. The van der Waals surface area contributed by atoms with Crippen LogP contribution in [0.25, 0.3) is 0 Å². The Morgan fingerprint density at radius 2 is 2.38 bits per heavy atom. The van der Waals surface area contributed by atoms with Crippen LogP contribution in [0.5, 0.6) is 0 Å². The van der Waals surface area contributed by atoms with Crippen LogP contribution in [0.4, 0.5) is 0 Å². The molecule has 1 rings (SSSR count). The fraction of sp³-hybridized carbons (Fsp3) is 0.600. The Bertz CT molecular complexity index is 221. The fourth-order valence-electron chi connectivity index (χ4n) is 1.30. The Balaban J connectivity index is 2.36. The van der Waals surface area contributed by atoms with Gasteiger partial charge in [-0.1, -0.05) is 6.07 Å². The molecule has 0 bridgehead atoms. The van der Waals surface area contributed by atoms with E-state index in [-0.39, 0.29) is 0 Å². The first-order valence-corrected chi connectivity index (χ1v) is 5.54. The third-order valence-corrected chi connectivity index (χ3v) is 3.21. The first kappa shape index (κ1) is 10.7. The van der Waals surface area contributed by atoms with Crippen LogP contribution >= 0.6 is 11.3 Å². The average Bonchev–Trinajstić information content (AvgIpc) is 2.57. The molecular formula is C10H18N2S. The summed E-state index contributed by atoms with van der Waals surface area (Å²) in [5.41, 5.74) is 5.50. The Kier molecular flexibility index (Phi) is 4.42. The van der Waals surface area contributed by atoms with Gasteiger partial charge in [0, 0.05) is 24.0 Å². The van der Waals surface area contributed by atoms with E-state index in [0.717, 1.165) is 19.5 Å². The molecule has 13 heavy (non-hydrogen) atoms. The van der Waals surface area contributed by atoms with Crippen molar-refractivity contribution in [3.63, 3.8) is 0 Å². The van der Waals surface area contributed by atoms with Gasteiger partial charge in [0.1, 0.15) is 0 Å². The molecule has 0 amide bonds. The molecule has 74 valence electrons. The zero-order valence-electron chi connectivity index (χ0n) is 8.36. The van der Waals surface area contributed by atoms with E-state index in [9.17, 15) is 0 Å². The van der Waals surface area contributed by atoms with Crippen molar-refractivity contribution in [3.05, 3.63) is 22.4 Å². The molecule has 1 aromatic rings. The topological polar surface area (TPSA) is 29.3 Å². The van der Waals surface area contributed by atoms with Crippen LogP contribution in [-0.4, -0.2) is 31.1 Å². The maximum absolute atomic E-state index is 5.50. The van der Waals surface area contributed by atoms with Crippen LogP contribution in [0.2, 0.25) is 0 Å². The second-order valence-electron chi connectivity index (χ2n) is 3.40. The molecule has 1 heterocycles. The molecule has 0 aliphatic rings. The zero-order valence-corrected chi connectivity index (χ0v) is 9.18. The lowest BCUT2D eigenvalue weighted by Gasteiger charge is -2.23. The van der Waals surface area contributed by atoms with Gasteiger partial charge in [-0.15, -0.1) is 11.3 Å². The van der Waals surface area contributed by atoms with E-state index in [2.05, 4.69) is 36.4 Å². The van der Waals surface area contributed by atoms with Crippen molar-refractivity contribution in [2.75, 3.05) is 20.1 Å². The van der Waals surface area contributed by atoms with Crippen molar-refractivity contribution >= 4 is 11.3 Å². The van der Waals surface area contributed by atoms with E-state index < -0.39 is 0 Å². The molecule has 0 aliphatic carbocycles. The highest BCUT2D eigenvalue weighted by Gasteiger charge is 2.08. The summed E-state index contributed by atoms with van der Waals surface area (Å²) in [7, 11) is 2.13. The van der Waals surface area contributed by atoms with Gasteiger partial charge >= 0.3 is 0 Å². The Morgan fingerprint density at radius 3 is 2.92 bits per heavy atom. The van der Waals surface area contributed by atoms with Crippen molar-refractivity contribution in [2.24, 2.45) is 5.73 Å². The van der Waals surface area contributed by atoms with Crippen molar-refractivity contribution in [2.45, 2.75) is 19.4 Å². The lowest BCUT2D eigenvalue weighted by Crippen LogP contribution is -2.34. The van der Waals surface area contributed by atoms with Crippen LogP contribution in [0, 0.1) is 0 Å². The molecule has 1 atom stereocenters. The van der Waals surface area contributed by atoms with Crippen molar-refractivity contribution in [3.8, 4) is 0 Å². The summed E-state index contributed by atoms with van der Waals surface area (Å²) in [6.45, 7) is 3.97. The van der Waals surface area contributed by atoms with Gasteiger partial charge in [0.05, 0.1) is 0 Å². The number of hydrogen-bond acceptors (Lipinski definition) is 3. The molecule has 1 aromatic heterocycles. The molecule has 3 heteroatoms. The highest BCUT2D eigenvalue weighted by molar-refractivity contribution is 7.09. The van der Waals surface area contributed by atoms with Crippen LogP contribution in [0.15, 0.2) is 17.5 Å². The van der Waals surface area contributed by atoms with Crippen molar-refractivity contribution in [1.29, 1.82) is 0 Å². The third kappa shape index (κ3) is 3.46. The monoisotopic (exact) mass is 198 g/mol. The lowest BCUT2D eigenvalue weighted by molar-refractivity contribution is 0.264. The number of nitrogens with two attached hydrogens (primary N) is 1. The van der Waals surface area contributed by atoms with E-state index in [1.54, 1.807) is 0 Å². The summed E-state index contributed by atoms with van der Waals surface area (Å²) in [6, 6.07) is 4.88. The summed E-state index contributed by atoms with van der Waals surface area (Å²) in [5, 5.41) is 2.13. The predicted octanol–water partition coefficient (Wildman–Crippen LogP) is 1.57. The quantitative estimate of drug-likeness (QED) is 0.778. The maximum atomic E-state index is 5.50. The Morgan fingerprint density at radius 1 is 1.62 bits per heavy atom. The highest BCUT2D eigenvalue weighted by Crippen LogP contribution is 2.12. The van der Waals surface area contributed by atoms with E-state index in [1.165, 1.54) is 4.88 Å². The number of thiophene rings is 1. The molecular weight excluding hydrogens is 180 g/mol. The summed E-state index contributed by atoms with van der Waals surface area (Å²) < 4.78 is 0. The van der Waals surface area contributed by atoms with Gasteiger partial charge in [-0.3, -0.25) is 0 Å². The average molecular weight is 198 g/mol. The molecule has 0 fully saturated rings. The highest BCUT2D eigenvalue weighted by atomic mass is 32.1. The van der Waals surface area contributed by atoms with Gasteiger partial charge in [-0.2, -0.15) is 0 Å².